The fourth-order valence-electron chi connectivity index (χ4n) is 2.47. The number of amides is 2. The Bertz CT molecular complexity index is 744. The van der Waals surface area contributed by atoms with Gasteiger partial charge in [-0.1, -0.05) is 18.6 Å². The molecule has 1 heterocycles. The summed E-state index contributed by atoms with van der Waals surface area (Å²) in [5, 5.41) is 6.18. The van der Waals surface area contributed by atoms with Gasteiger partial charge in [-0.15, -0.1) is 11.3 Å². The molecule has 2 rings (SSSR count). The molecule has 140 valence electrons. The summed E-state index contributed by atoms with van der Waals surface area (Å²) < 4.78 is 13.0. The van der Waals surface area contributed by atoms with Crippen molar-refractivity contribution < 1.29 is 14.0 Å². The van der Waals surface area contributed by atoms with Crippen LogP contribution in [0.4, 0.5) is 9.52 Å². The Morgan fingerprint density at radius 3 is 2.58 bits per heavy atom. The molecule has 2 N–H and O–H groups in total. The summed E-state index contributed by atoms with van der Waals surface area (Å²) in [6, 6.07) is 6.40. The maximum absolute atomic E-state index is 13.0. The highest BCUT2D eigenvalue weighted by Crippen LogP contribution is 2.25. The molecular formula is C19H24FN3O2S. The Morgan fingerprint density at radius 1 is 1.15 bits per heavy atom. The number of hydrogen-bond donors (Lipinski definition) is 2. The molecule has 0 bridgehead atoms. The van der Waals surface area contributed by atoms with E-state index in [4.69, 9.17) is 0 Å². The zero-order valence-corrected chi connectivity index (χ0v) is 15.9. The Hall–Kier alpha value is -2.28. The van der Waals surface area contributed by atoms with Crippen LogP contribution in [-0.2, 0) is 16.0 Å². The van der Waals surface area contributed by atoms with Gasteiger partial charge >= 0.3 is 0 Å². The van der Waals surface area contributed by atoms with Crippen LogP contribution in [-0.4, -0.2) is 23.3 Å². The number of anilines is 1. The lowest BCUT2D eigenvalue weighted by molar-refractivity contribution is -0.119. The third-order valence-corrected chi connectivity index (χ3v) is 4.94. The lowest BCUT2D eigenvalue weighted by atomic mass is 10.1. The summed E-state index contributed by atoms with van der Waals surface area (Å²) in [7, 11) is 0. The SMILES string of the molecule is CC(=O)NCCCCCC(=O)Nc1nc(C)c(Cc2ccc(F)cc2)s1. The van der Waals surface area contributed by atoms with Gasteiger partial charge in [0.1, 0.15) is 5.82 Å². The van der Waals surface area contributed by atoms with Gasteiger partial charge in [-0.3, -0.25) is 9.59 Å². The minimum Gasteiger partial charge on any atom is -0.356 e. The largest absolute Gasteiger partial charge is 0.356 e. The van der Waals surface area contributed by atoms with Crippen LogP contribution < -0.4 is 10.6 Å². The van der Waals surface area contributed by atoms with Crippen LogP contribution in [0.15, 0.2) is 24.3 Å². The average Bonchev–Trinajstić information content (AvgIpc) is 2.92. The second kappa shape index (κ2) is 10.0. The van der Waals surface area contributed by atoms with Crippen LogP contribution in [0.3, 0.4) is 0 Å². The molecule has 0 spiro atoms. The van der Waals surface area contributed by atoms with E-state index in [1.165, 1.54) is 30.4 Å². The normalized spacial score (nSPS) is 10.6. The molecule has 0 fully saturated rings. The highest BCUT2D eigenvalue weighted by molar-refractivity contribution is 7.15. The number of nitrogens with zero attached hydrogens (tertiary/aromatic N) is 1. The van der Waals surface area contributed by atoms with Crippen molar-refractivity contribution in [2.45, 2.75) is 46.0 Å². The molecule has 1 aromatic heterocycles. The summed E-state index contributed by atoms with van der Waals surface area (Å²) in [6.07, 6.45) is 3.64. The number of benzene rings is 1. The Labute approximate surface area is 157 Å². The molecule has 1 aromatic carbocycles. The third kappa shape index (κ3) is 6.92. The second-order valence-corrected chi connectivity index (χ2v) is 7.26. The molecular weight excluding hydrogens is 353 g/mol. The van der Waals surface area contributed by atoms with E-state index in [2.05, 4.69) is 15.6 Å². The van der Waals surface area contributed by atoms with Crippen molar-refractivity contribution in [3.63, 3.8) is 0 Å². The van der Waals surface area contributed by atoms with Crippen LogP contribution in [0, 0.1) is 12.7 Å². The maximum Gasteiger partial charge on any atom is 0.226 e. The van der Waals surface area contributed by atoms with Crippen molar-refractivity contribution in [1.29, 1.82) is 0 Å². The van der Waals surface area contributed by atoms with Gasteiger partial charge in [0, 0.05) is 31.2 Å². The molecule has 2 amide bonds. The molecule has 0 atom stereocenters. The predicted octanol–water partition coefficient (Wildman–Crippen LogP) is 3.82. The summed E-state index contributed by atoms with van der Waals surface area (Å²) in [4.78, 5) is 28.2. The van der Waals surface area contributed by atoms with E-state index < -0.39 is 0 Å². The summed E-state index contributed by atoms with van der Waals surface area (Å²) in [6.45, 7) is 4.05. The molecule has 0 aliphatic rings. The van der Waals surface area contributed by atoms with Crippen molar-refractivity contribution in [3.8, 4) is 0 Å². The standard InChI is InChI=1S/C19H24FN3O2S/c1-13-17(12-15-7-9-16(20)10-8-15)26-19(22-13)23-18(25)6-4-3-5-11-21-14(2)24/h7-10H,3-6,11-12H2,1-2H3,(H,21,24)(H,22,23,25). The van der Waals surface area contributed by atoms with Gasteiger partial charge in [0.25, 0.3) is 0 Å². The van der Waals surface area contributed by atoms with Crippen LogP contribution in [0.25, 0.3) is 0 Å². The Balaban J connectivity index is 1.76. The number of nitrogens with one attached hydrogen (secondary N) is 2. The highest BCUT2D eigenvalue weighted by Gasteiger charge is 2.11. The van der Waals surface area contributed by atoms with Crippen molar-refractivity contribution in [3.05, 3.63) is 46.2 Å². The fraction of sp³-hybridized carbons (Fsp3) is 0.421. The predicted molar refractivity (Wildman–Crippen MR) is 102 cm³/mol. The van der Waals surface area contributed by atoms with E-state index in [0.717, 1.165) is 35.4 Å². The molecule has 26 heavy (non-hydrogen) atoms. The second-order valence-electron chi connectivity index (χ2n) is 6.17. The van der Waals surface area contributed by atoms with Crippen LogP contribution in [0.5, 0.6) is 0 Å². The number of carbonyl (C=O) groups is 2. The van der Waals surface area contributed by atoms with Crippen LogP contribution in [0.1, 0.15) is 48.7 Å². The van der Waals surface area contributed by atoms with Gasteiger partial charge < -0.3 is 10.6 Å². The molecule has 5 nitrogen and oxygen atoms in total. The van der Waals surface area contributed by atoms with E-state index in [0.29, 0.717) is 24.5 Å². The van der Waals surface area contributed by atoms with Crippen molar-refractivity contribution in [2.75, 3.05) is 11.9 Å². The van der Waals surface area contributed by atoms with Gasteiger partial charge in [-0.25, -0.2) is 9.37 Å². The van der Waals surface area contributed by atoms with Crippen LogP contribution in [0.2, 0.25) is 0 Å². The van der Waals surface area contributed by atoms with Gasteiger partial charge in [-0.05, 0) is 37.5 Å². The molecule has 0 saturated carbocycles. The molecule has 0 saturated heterocycles. The molecule has 0 unspecified atom stereocenters. The lowest BCUT2D eigenvalue weighted by Crippen LogP contribution is -2.20. The van der Waals surface area contributed by atoms with E-state index >= 15 is 0 Å². The summed E-state index contributed by atoms with van der Waals surface area (Å²) in [5.41, 5.74) is 1.89. The number of aryl methyl sites for hydroxylation is 1. The quantitative estimate of drug-likeness (QED) is 0.653. The van der Waals surface area contributed by atoms with Crippen molar-refractivity contribution in [1.82, 2.24) is 10.3 Å². The fourth-order valence-corrected chi connectivity index (χ4v) is 3.48. The minimum absolute atomic E-state index is 0.0293. The Kier molecular flexibility index (Phi) is 7.72. The van der Waals surface area contributed by atoms with Gasteiger partial charge in [0.05, 0.1) is 5.69 Å². The zero-order valence-electron chi connectivity index (χ0n) is 15.1. The first-order valence-electron chi connectivity index (χ1n) is 8.69. The first-order valence-corrected chi connectivity index (χ1v) is 9.50. The van der Waals surface area contributed by atoms with Crippen molar-refractivity contribution >= 4 is 28.3 Å². The maximum atomic E-state index is 13.0. The number of aromatic nitrogens is 1. The zero-order chi connectivity index (χ0) is 18.9. The van der Waals surface area contributed by atoms with Gasteiger partial charge in [0.2, 0.25) is 11.8 Å². The summed E-state index contributed by atoms with van der Waals surface area (Å²) >= 11 is 1.45. The van der Waals surface area contributed by atoms with Gasteiger partial charge in [0.15, 0.2) is 5.13 Å². The van der Waals surface area contributed by atoms with E-state index in [9.17, 15) is 14.0 Å². The monoisotopic (exact) mass is 377 g/mol. The molecule has 0 aliphatic carbocycles. The molecule has 7 heteroatoms. The number of hydrogen-bond acceptors (Lipinski definition) is 4. The number of halogens is 1. The lowest BCUT2D eigenvalue weighted by Gasteiger charge is -2.03. The first kappa shape index (κ1) is 20.0. The minimum atomic E-state index is -0.250. The topological polar surface area (TPSA) is 71.1 Å². The molecule has 0 radical (unpaired) electrons. The number of rotatable bonds is 9. The molecule has 0 aliphatic heterocycles. The molecule has 2 aromatic rings. The number of unbranched alkanes of at least 4 members (excludes halogenated alkanes) is 2. The average molecular weight is 377 g/mol. The number of carbonyl (C=O) groups excluding carboxylic acids is 2. The van der Waals surface area contributed by atoms with E-state index in [1.54, 1.807) is 12.1 Å². The number of thiazole rings is 1. The highest BCUT2D eigenvalue weighted by atomic mass is 32.1. The van der Waals surface area contributed by atoms with Crippen molar-refractivity contribution in [2.24, 2.45) is 0 Å². The summed E-state index contributed by atoms with van der Waals surface area (Å²) in [5.74, 6) is -0.329. The van der Waals surface area contributed by atoms with E-state index in [1.807, 2.05) is 6.92 Å². The van der Waals surface area contributed by atoms with Crippen LogP contribution >= 0.6 is 11.3 Å². The van der Waals surface area contributed by atoms with Gasteiger partial charge in [-0.2, -0.15) is 0 Å². The van der Waals surface area contributed by atoms with E-state index in [-0.39, 0.29) is 17.6 Å². The third-order valence-electron chi connectivity index (χ3n) is 3.87. The first-order chi connectivity index (χ1) is 12.4. The smallest absolute Gasteiger partial charge is 0.226 e. The Morgan fingerprint density at radius 2 is 1.88 bits per heavy atom.